The Kier molecular flexibility index (Phi) is 3.97. The first-order valence-corrected chi connectivity index (χ1v) is 6.85. The van der Waals surface area contributed by atoms with Gasteiger partial charge in [0, 0.05) is 19.3 Å². The van der Waals surface area contributed by atoms with Gasteiger partial charge in [-0.15, -0.1) is 0 Å². The van der Waals surface area contributed by atoms with E-state index in [-0.39, 0.29) is 11.7 Å². The summed E-state index contributed by atoms with van der Waals surface area (Å²) >= 11 is 0. The molecule has 0 saturated heterocycles. The molecule has 0 bridgehead atoms. The van der Waals surface area contributed by atoms with E-state index in [1.54, 1.807) is 10.6 Å². The van der Waals surface area contributed by atoms with Crippen molar-refractivity contribution in [1.82, 2.24) is 9.38 Å². The number of carboxylic acids is 1. The second-order valence-corrected chi connectivity index (χ2v) is 5.61. The Balaban J connectivity index is 2.47. The van der Waals surface area contributed by atoms with Crippen molar-refractivity contribution in [3.05, 3.63) is 30.1 Å². The summed E-state index contributed by atoms with van der Waals surface area (Å²) in [6.45, 7) is 6.41. The van der Waals surface area contributed by atoms with Crippen LogP contribution in [0.1, 0.15) is 37.7 Å². The molecule has 0 aliphatic rings. The molecule has 2 heterocycles. The van der Waals surface area contributed by atoms with E-state index < -0.39 is 5.97 Å². The van der Waals surface area contributed by atoms with E-state index >= 15 is 0 Å². The summed E-state index contributed by atoms with van der Waals surface area (Å²) in [5, 5.41) is 9.48. The topological polar surface area (TPSA) is 57.8 Å². The summed E-state index contributed by atoms with van der Waals surface area (Å²) in [6, 6.07) is 5.72. The molecule has 0 spiro atoms. The first-order chi connectivity index (χ1) is 9.41. The standard InChI is InChI=1S/C15H21N3O2/c1-10(2)9-11(3)17(4)14-13(15(19)20)18-8-6-5-7-12(18)16-14/h5-8,10-11H,9H2,1-4H3,(H,19,20). The van der Waals surface area contributed by atoms with Crippen LogP contribution in [0, 0.1) is 5.92 Å². The van der Waals surface area contributed by atoms with Gasteiger partial charge in [0.05, 0.1) is 0 Å². The first-order valence-electron chi connectivity index (χ1n) is 6.85. The summed E-state index contributed by atoms with van der Waals surface area (Å²) in [7, 11) is 1.90. The number of nitrogens with zero attached hydrogens (tertiary/aromatic N) is 3. The highest BCUT2D eigenvalue weighted by Gasteiger charge is 2.24. The molecular formula is C15H21N3O2. The van der Waals surface area contributed by atoms with E-state index in [4.69, 9.17) is 0 Å². The van der Waals surface area contributed by atoms with Crippen LogP contribution < -0.4 is 4.90 Å². The molecule has 5 heteroatoms. The highest BCUT2D eigenvalue weighted by molar-refractivity contribution is 5.93. The van der Waals surface area contributed by atoms with Crippen LogP contribution in [0.2, 0.25) is 0 Å². The monoisotopic (exact) mass is 275 g/mol. The van der Waals surface area contributed by atoms with Gasteiger partial charge in [0.25, 0.3) is 0 Å². The van der Waals surface area contributed by atoms with Crippen LogP contribution in [-0.2, 0) is 0 Å². The highest BCUT2D eigenvalue weighted by atomic mass is 16.4. The van der Waals surface area contributed by atoms with Gasteiger partial charge in [-0.1, -0.05) is 19.9 Å². The van der Waals surface area contributed by atoms with Gasteiger partial charge in [-0.05, 0) is 31.4 Å². The molecule has 1 N–H and O–H groups in total. The number of hydrogen-bond acceptors (Lipinski definition) is 3. The minimum absolute atomic E-state index is 0.221. The van der Waals surface area contributed by atoms with Crippen LogP contribution in [0.3, 0.4) is 0 Å². The van der Waals surface area contributed by atoms with Gasteiger partial charge in [0.15, 0.2) is 11.5 Å². The third-order valence-corrected chi connectivity index (χ3v) is 3.52. The van der Waals surface area contributed by atoms with E-state index in [1.807, 2.05) is 30.1 Å². The average Bonchev–Trinajstić information content (AvgIpc) is 2.76. The number of pyridine rings is 1. The maximum atomic E-state index is 11.6. The molecule has 5 nitrogen and oxygen atoms in total. The third-order valence-electron chi connectivity index (χ3n) is 3.52. The van der Waals surface area contributed by atoms with Crippen molar-refractivity contribution in [1.29, 1.82) is 0 Å². The molecule has 0 fully saturated rings. The fourth-order valence-corrected chi connectivity index (χ4v) is 2.48. The lowest BCUT2D eigenvalue weighted by Crippen LogP contribution is -2.31. The Bertz CT molecular complexity index is 619. The molecule has 108 valence electrons. The number of hydrogen-bond donors (Lipinski definition) is 1. The van der Waals surface area contributed by atoms with Crippen molar-refractivity contribution in [2.45, 2.75) is 33.2 Å². The summed E-state index contributed by atoms with van der Waals surface area (Å²) in [6.07, 6.45) is 2.72. The molecule has 0 radical (unpaired) electrons. The third kappa shape index (κ3) is 2.61. The molecule has 2 rings (SSSR count). The van der Waals surface area contributed by atoms with Crippen LogP contribution >= 0.6 is 0 Å². The molecule has 0 aliphatic heterocycles. The zero-order valence-corrected chi connectivity index (χ0v) is 12.4. The van der Waals surface area contributed by atoms with Crippen LogP contribution in [0.25, 0.3) is 5.65 Å². The number of fused-ring (bicyclic) bond motifs is 1. The number of carbonyl (C=O) groups is 1. The van der Waals surface area contributed by atoms with Crippen molar-refractivity contribution in [2.24, 2.45) is 5.92 Å². The maximum absolute atomic E-state index is 11.6. The van der Waals surface area contributed by atoms with Crippen LogP contribution in [-0.4, -0.2) is 33.6 Å². The molecule has 0 amide bonds. The minimum Gasteiger partial charge on any atom is -0.476 e. The lowest BCUT2D eigenvalue weighted by Gasteiger charge is -2.26. The molecule has 0 aromatic carbocycles. The lowest BCUT2D eigenvalue weighted by molar-refractivity contribution is 0.0690. The van der Waals surface area contributed by atoms with Gasteiger partial charge >= 0.3 is 5.97 Å². The Morgan fingerprint density at radius 2 is 2.10 bits per heavy atom. The predicted octanol–water partition coefficient (Wildman–Crippen LogP) is 2.90. The number of anilines is 1. The molecule has 20 heavy (non-hydrogen) atoms. The average molecular weight is 275 g/mol. The van der Waals surface area contributed by atoms with Crippen LogP contribution in [0.15, 0.2) is 24.4 Å². The summed E-state index contributed by atoms with van der Waals surface area (Å²) in [5.41, 5.74) is 0.877. The second-order valence-electron chi connectivity index (χ2n) is 5.61. The Morgan fingerprint density at radius 3 is 2.70 bits per heavy atom. The van der Waals surface area contributed by atoms with Gasteiger partial charge in [-0.2, -0.15) is 0 Å². The molecule has 2 aromatic rings. The van der Waals surface area contributed by atoms with E-state index in [1.165, 1.54) is 0 Å². The van der Waals surface area contributed by atoms with Gasteiger partial charge in [-0.25, -0.2) is 9.78 Å². The fourth-order valence-electron chi connectivity index (χ4n) is 2.48. The molecule has 0 saturated carbocycles. The maximum Gasteiger partial charge on any atom is 0.356 e. The van der Waals surface area contributed by atoms with E-state index in [0.29, 0.717) is 17.4 Å². The fraction of sp³-hybridized carbons (Fsp3) is 0.467. The number of carboxylic acid groups (broad SMARTS) is 1. The van der Waals surface area contributed by atoms with Crippen molar-refractivity contribution in [3.63, 3.8) is 0 Å². The quantitative estimate of drug-likeness (QED) is 0.911. The molecule has 0 aliphatic carbocycles. The van der Waals surface area contributed by atoms with Gasteiger partial charge in [-0.3, -0.25) is 4.40 Å². The number of aromatic carboxylic acids is 1. The molecular weight excluding hydrogens is 254 g/mol. The van der Waals surface area contributed by atoms with Crippen molar-refractivity contribution in [3.8, 4) is 0 Å². The van der Waals surface area contributed by atoms with E-state index in [9.17, 15) is 9.90 Å². The Morgan fingerprint density at radius 1 is 1.40 bits per heavy atom. The summed E-state index contributed by atoms with van der Waals surface area (Å²) in [5.74, 6) is 0.122. The number of aromatic nitrogens is 2. The normalized spacial score (nSPS) is 12.8. The molecule has 2 aromatic heterocycles. The van der Waals surface area contributed by atoms with E-state index in [2.05, 4.69) is 25.8 Å². The van der Waals surface area contributed by atoms with Gasteiger partial charge in [0.1, 0.15) is 5.65 Å². The lowest BCUT2D eigenvalue weighted by atomic mass is 10.0. The van der Waals surface area contributed by atoms with Crippen LogP contribution in [0.4, 0.5) is 5.82 Å². The van der Waals surface area contributed by atoms with Crippen molar-refractivity contribution >= 4 is 17.4 Å². The number of imidazole rings is 1. The first kappa shape index (κ1) is 14.4. The largest absolute Gasteiger partial charge is 0.476 e. The highest BCUT2D eigenvalue weighted by Crippen LogP contribution is 2.24. The summed E-state index contributed by atoms with van der Waals surface area (Å²) in [4.78, 5) is 18.0. The zero-order valence-electron chi connectivity index (χ0n) is 12.4. The Labute approximate surface area is 118 Å². The SMILES string of the molecule is CC(C)CC(C)N(C)c1nc2ccccn2c1C(=O)O. The molecule has 1 unspecified atom stereocenters. The van der Waals surface area contributed by atoms with Crippen molar-refractivity contribution in [2.75, 3.05) is 11.9 Å². The smallest absolute Gasteiger partial charge is 0.356 e. The van der Waals surface area contributed by atoms with E-state index in [0.717, 1.165) is 6.42 Å². The minimum atomic E-state index is -0.956. The zero-order chi connectivity index (χ0) is 14.9. The Hall–Kier alpha value is -2.04. The van der Waals surface area contributed by atoms with Gasteiger partial charge in [0.2, 0.25) is 0 Å². The van der Waals surface area contributed by atoms with Crippen molar-refractivity contribution < 1.29 is 9.90 Å². The van der Waals surface area contributed by atoms with Gasteiger partial charge < -0.3 is 10.0 Å². The number of rotatable bonds is 5. The molecule has 1 atom stereocenters. The summed E-state index contributed by atoms with van der Waals surface area (Å²) < 4.78 is 1.62. The second kappa shape index (κ2) is 5.53. The van der Waals surface area contributed by atoms with Crippen LogP contribution in [0.5, 0.6) is 0 Å². The predicted molar refractivity (Wildman–Crippen MR) is 79.5 cm³/mol.